The van der Waals surface area contributed by atoms with Crippen LogP contribution in [0.5, 0.6) is 0 Å². The maximum atomic E-state index is 12.4. The Kier molecular flexibility index (Phi) is 3.67. The fourth-order valence-electron chi connectivity index (χ4n) is 2.52. The van der Waals surface area contributed by atoms with Crippen LogP contribution in [0, 0.1) is 6.92 Å². The lowest BCUT2D eigenvalue weighted by atomic mass is 10.1. The van der Waals surface area contributed by atoms with Gasteiger partial charge in [-0.2, -0.15) is 0 Å². The third kappa shape index (κ3) is 2.90. The molecule has 0 fully saturated rings. The number of rotatable bonds is 3. The van der Waals surface area contributed by atoms with E-state index in [0.29, 0.717) is 6.42 Å². The van der Waals surface area contributed by atoms with Crippen LogP contribution in [0.2, 0.25) is 0 Å². The number of benzene rings is 2. The zero-order valence-corrected chi connectivity index (χ0v) is 14.0. The van der Waals surface area contributed by atoms with Gasteiger partial charge in [0.25, 0.3) is 0 Å². The Morgan fingerprint density at radius 3 is 3.00 bits per heavy atom. The molecule has 5 heteroatoms. The van der Waals surface area contributed by atoms with E-state index in [4.69, 9.17) is 4.42 Å². The molecule has 3 nitrogen and oxygen atoms in total. The summed E-state index contributed by atoms with van der Waals surface area (Å²) in [5.74, 6) is 0. The minimum absolute atomic E-state index is 0.0771. The molecule has 0 saturated heterocycles. The van der Waals surface area contributed by atoms with Crippen LogP contribution in [0.4, 0.5) is 0 Å². The molecule has 0 radical (unpaired) electrons. The summed E-state index contributed by atoms with van der Waals surface area (Å²) in [6.45, 7) is 2.04. The normalized spacial score (nSPS) is 11.3. The largest absolute Gasteiger partial charge is 0.464 e. The number of aryl methyl sites for hydroxylation is 1. The van der Waals surface area contributed by atoms with Crippen LogP contribution < -0.4 is 0 Å². The molecule has 0 saturated carbocycles. The lowest BCUT2D eigenvalue weighted by Crippen LogP contribution is -1.96. The summed E-state index contributed by atoms with van der Waals surface area (Å²) < 4.78 is 7.42. The molecule has 2 aromatic heterocycles. The van der Waals surface area contributed by atoms with E-state index in [1.165, 1.54) is 11.8 Å². The Morgan fingerprint density at radius 2 is 2.13 bits per heavy atom. The topological polar surface area (TPSA) is 43.1 Å². The molecule has 2 aromatic carbocycles. The second-order valence-electron chi connectivity index (χ2n) is 5.36. The number of hydrogen-bond donors (Lipinski definition) is 0. The molecule has 4 aromatic rings. The molecule has 0 amide bonds. The van der Waals surface area contributed by atoms with Crippen molar-refractivity contribution in [2.75, 3.05) is 0 Å². The van der Waals surface area contributed by atoms with Crippen LogP contribution >= 0.6 is 23.1 Å². The number of furan rings is 1. The average molecular weight is 339 g/mol. The molecule has 0 aliphatic heterocycles. The molecular formula is C18H13NO2S2. The van der Waals surface area contributed by atoms with E-state index >= 15 is 0 Å². The van der Waals surface area contributed by atoms with E-state index in [9.17, 15) is 4.79 Å². The van der Waals surface area contributed by atoms with Gasteiger partial charge in [-0.15, -0.1) is 11.3 Å². The molecule has 2 heterocycles. The third-order valence-corrected chi connectivity index (χ3v) is 5.59. The molecule has 0 atom stereocenters. The average Bonchev–Trinajstić information content (AvgIpc) is 3.10. The van der Waals surface area contributed by atoms with Gasteiger partial charge in [-0.3, -0.25) is 4.79 Å². The summed E-state index contributed by atoms with van der Waals surface area (Å²) in [7, 11) is 0. The zero-order chi connectivity index (χ0) is 15.8. The molecule has 0 unspecified atom stereocenters. The predicted molar refractivity (Wildman–Crippen MR) is 95.1 cm³/mol. The van der Waals surface area contributed by atoms with Gasteiger partial charge in [-0.05, 0) is 43.0 Å². The summed E-state index contributed by atoms with van der Waals surface area (Å²) >= 11 is 2.76. The summed E-state index contributed by atoms with van der Waals surface area (Å²) in [5, 5.41) is 1.09. The van der Waals surface area contributed by atoms with Crippen LogP contribution in [-0.4, -0.2) is 10.1 Å². The maximum absolute atomic E-state index is 12.4. The highest BCUT2D eigenvalue weighted by Gasteiger charge is 2.14. The van der Waals surface area contributed by atoms with Crippen molar-refractivity contribution in [2.24, 2.45) is 0 Å². The summed E-state index contributed by atoms with van der Waals surface area (Å²) in [4.78, 5) is 16.9. The predicted octanol–water partition coefficient (Wildman–Crippen LogP) is 5.21. The summed E-state index contributed by atoms with van der Waals surface area (Å²) in [6.07, 6.45) is 2.03. The van der Waals surface area contributed by atoms with Crippen molar-refractivity contribution in [3.63, 3.8) is 0 Å². The Bertz CT molecular complexity index is 983. The van der Waals surface area contributed by atoms with Gasteiger partial charge >= 0.3 is 0 Å². The van der Waals surface area contributed by atoms with Crippen molar-refractivity contribution in [1.82, 2.24) is 4.98 Å². The second kappa shape index (κ2) is 5.83. The first kappa shape index (κ1) is 14.5. The Hall–Kier alpha value is -2.11. The molecule has 4 rings (SSSR count). The van der Waals surface area contributed by atoms with Gasteiger partial charge in [-0.1, -0.05) is 23.8 Å². The minimum atomic E-state index is 0.0771. The number of para-hydroxylation sites is 1. The minimum Gasteiger partial charge on any atom is -0.464 e. The fraction of sp³-hybridized carbons (Fsp3) is 0.111. The van der Waals surface area contributed by atoms with Crippen LogP contribution in [0.3, 0.4) is 0 Å². The molecule has 23 heavy (non-hydrogen) atoms. The van der Waals surface area contributed by atoms with Crippen molar-refractivity contribution in [2.45, 2.75) is 17.7 Å². The van der Waals surface area contributed by atoms with E-state index in [1.807, 2.05) is 43.3 Å². The first-order valence-electron chi connectivity index (χ1n) is 7.22. The molecule has 114 valence electrons. The number of thioether (sulfide) groups is 1. The Labute approximate surface area is 141 Å². The summed E-state index contributed by atoms with van der Waals surface area (Å²) in [5.41, 5.74) is 3.86. The van der Waals surface area contributed by atoms with Crippen LogP contribution in [0.1, 0.15) is 11.1 Å². The Morgan fingerprint density at radius 1 is 1.26 bits per heavy atom. The van der Waals surface area contributed by atoms with Crippen molar-refractivity contribution >= 4 is 49.4 Å². The van der Waals surface area contributed by atoms with Crippen molar-refractivity contribution in [3.8, 4) is 0 Å². The highest BCUT2D eigenvalue weighted by Crippen LogP contribution is 2.31. The van der Waals surface area contributed by atoms with Crippen LogP contribution in [-0.2, 0) is 11.2 Å². The first-order chi connectivity index (χ1) is 11.2. The van der Waals surface area contributed by atoms with Gasteiger partial charge in [0.2, 0.25) is 0 Å². The van der Waals surface area contributed by atoms with E-state index in [2.05, 4.69) is 11.1 Å². The van der Waals surface area contributed by atoms with Crippen molar-refractivity contribution < 1.29 is 9.21 Å². The third-order valence-electron chi connectivity index (χ3n) is 3.62. The SMILES string of the molecule is Cc1ccc2occ(CC(=O)Sc3nc4ccccc4s3)c2c1. The molecule has 0 aliphatic rings. The quantitative estimate of drug-likeness (QED) is 0.480. The highest BCUT2D eigenvalue weighted by molar-refractivity contribution is 8.15. The first-order valence-corrected chi connectivity index (χ1v) is 8.85. The molecule has 0 N–H and O–H groups in total. The lowest BCUT2D eigenvalue weighted by molar-refractivity contribution is -0.110. The van der Waals surface area contributed by atoms with Crippen LogP contribution in [0.15, 0.2) is 57.5 Å². The number of nitrogens with zero attached hydrogens (tertiary/aromatic N) is 1. The molecule has 0 aliphatic carbocycles. The van der Waals surface area contributed by atoms with Gasteiger partial charge in [-0.25, -0.2) is 4.98 Å². The monoisotopic (exact) mass is 339 g/mol. The van der Waals surface area contributed by atoms with E-state index in [0.717, 1.165) is 36.7 Å². The number of hydrogen-bond acceptors (Lipinski definition) is 5. The molecule has 0 bridgehead atoms. The lowest BCUT2D eigenvalue weighted by Gasteiger charge is -1.97. The van der Waals surface area contributed by atoms with E-state index in [-0.39, 0.29) is 5.12 Å². The highest BCUT2D eigenvalue weighted by atomic mass is 32.2. The summed E-state index contributed by atoms with van der Waals surface area (Å²) in [6, 6.07) is 13.9. The maximum Gasteiger partial charge on any atom is 0.200 e. The number of thiazole rings is 1. The fourth-order valence-corrected chi connectivity index (χ4v) is 4.49. The van der Waals surface area contributed by atoms with E-state index < -0.39 is 0 Å². The van der Waals surface area contributed by atoms with Crippen molar-refractivity contribution in [3.05, 3.63) is 59.9 Å². The number of carbonyl (C=O) groups excluding carboxylic acids is 1. The number of aromatic nitrogens is 1. The number of carbonyl (C=O) groups is 1. The van der Waals surface area contributed by atoms with Gasteiger partial charge in [0, 0.05) is 17.4 Å². The number of fused-ring (bicyclic) bond motifs is 2. The molecule has 0 spiro atoms. The smallest absolute Gasteiger partial charge is 0.200 e. The zero-order valence-electron chi connectivity index (χ0n) is 12.4. The molecular weight excluding hydrogens is 326 g/mol. The second-order valence-corrected chi connectivity index (χ2v) is 7.69. The van der Waals surface area contributed by atoms with Crippen LogP contribution in [0.25, 0.3) is 21.2 Å². The van der Waals surface area contributed by atoms with Gasteiger partial charge in [0.15, 0.2) is 9.45 Å². The van der Waals surface area contributed by atoms with Gasteiger partial charge in [0.05, 0.1) is 16.5 Å². The van der Waals surface area contributed by atoms with Gasteiger partial charge < -0.3 is 4.42 Å². The van der Waals surface area contributed by atoms with Crippen molar-refractivity contribution in [1.29, 1.82) is 0 Å². The standard InChI is InChI=1S/C18H13NO2S2/c1-11-6-7-15-13(8-11)12(10-21-15)9-17(20)23-18-19-14-4-2-3-5-16(14)22-18/h2-8,10H,9H2,1H3. The van der Waals surface area contributed by atoms with Gasteiger partial charge in [0.1, 0.15) is 5.58 Å². The van der Waals surface area contributed by atoms with E-state index in [1.54, 1.807) is 17.6 Å². The Balaban J connectivity index is 1.56.